The van der Waals surface area contributed by atoms with E-state index in [-0.39, 0.29) is 17.0 Å². The molecule has 0 bridgehead atoms. The zero-order valence-electron chi connectivity index (χ0n) is 12.1. The molecule has 114 valence electrons. The molecule has 1 aromatic carbocycles. The molecule has 0 saturated carbocycles. The van der Waals surface area contributed by atoms with Gasteiger partial charge in [-0.05, 0) is 32.9 Å². The predicted octanol–water partition coefficient (Wildman–Crippen LogP) is 2.59. The molecule has 0 spiro atoms. The molecule has 1 aromatic rings. The molecule has 0 amide bonds. The minimum absolute atomic E-state index is 0.127. The van der Waals surface area contributed by atoms with Gasteiger partial charge < -0.3 is 14.2 Å². The summed E-state index contributed by atoms with van der Waals surface area (Å²) in [6.07, 6.45) is -0.807. The fourth-order valence-electron chi connectivity index (χ4n) is 1.75. The van der Waals surface area contributed by atoms with Crippen molar-refractivity contribution < 1.29 is 23.9 Å². The van der Waals surface area contributed by atoms with E-state index in [1.165, 1.54) is 18.2 Å². The molecule has 0 N–H and O–H groups in total. The van der Waals surface area contributed by atoms with Crippen LogP contribution >= 0.6 is 0 Å². The number of carbonyl (C=O) groups is 1. The van der Waals surface area contributed by atoms with Crippen molar-refractivity contribution >= 4 is 11.7 Å². The van der Waals surface area contributed by atoms with Crippen molar-refractivity contribution in [3.8, 4) is 5.75 Å². The lowest BCUT2D eigenvalue weighted by molar-refractivity contribution is -0.386. The quantitative estimate of drug-likeness (QED) is 0.368. The third-order valence-electron chi connectivity index (χ3n) is 2.89. The molecule has 1 aliphatic heterocycles. The maximum Gasteiger partial charge on any atom is 0.316 e. The Labute approximate surface area is 122 Å². The Hall–Kier alpha value is -1.99. The van der Waals surface area contributed by atoms with Crippen LogP contribution < -0.4 is 4.74 Å². The highest BCUT2D eigenvalue weighted by Gasteiger charge is 2.29. The van der Waals surface area contributed by atoms with Crippen LogP contribution in [-0.2, 0) is 14.3 Å². The minimum atomic E-state index is -0.807. The molecule has 2 rings (SSSR count). The SMILES string of the molecule is CC(C)(C)C(=O)Oc1ccc([N+](=O)[O-])c(C2OCCO2)c1. The number of nitro groups is 1. The minimum Gasteiger partial charge on any atom is -0.426 e. The molecule has 1 heterocycles. The number of benzene rings is 1. The van der Waals surface area contributed by atoms with E-state index in [2.05, 4.69) is 0 Å². The highest BCUT2D eigenvalue weighted by Crippen LogP contribution is 2.34. The van der Waals surface area contributed by atoms with Crippen LogP contribution in [0.5, 0.6) is 5.75 Å². The fraction of sp³-hybridized carbons (Fsp3) is 0.500. The summed E-state index contributed by atoms with van der Waals surface area (Å²) in [5.41, 5.74) is -0.545. The molecule has 0 aliphatic carbocycles. The van der Waals surface area contributed by atoms with Crippen LogP contribution in [0.25, 0.3) is 0 Å². The Kier molecular flexibility index (Phi) is 4.24. The lowest BCUT2D eigenvalue weighted by atomic mass is 9.97. The van der Waals surface area contributed by atoms with Crippen molar-refractivity contribution in [3.63, 3.8) is 0 Å². The molecular formula is C14H17NO6. The molecular weight excluding hydrogens is 278 g/mol. The van der Waals surface area contributed by atoms with Gasteiger partial charge in [-0.3, -0.25) is 14.9 Å². The molecule has 0 atom stereocenters. The first-order valence-electron chi connectivity index (χ1n) is 6.53. The number of esters is 1. The maximum absolute atomic E-state index is 11.9. The lowest BCUT2D eigenvalue weighted by Crippen LogP contribution is -2.25. The predicted molar refractivity (Wildman–Crippen MR) is 72.8 cm³/mol. The molecule has 1 fully saturated rings. The van der Waals surface area contributed by atoms with Gasteiger partial charge in [-0.25, -0.2) is 0 Å². The van der Waals surface area contributed by atoms with Gasteiger partial charge in [-0.1, -0.05) is 0 Å². The topological polar surface area (TPSA) is 87.9 Å². The molecule has 0 aromatic heterocycles. The zero-order valence-corrected chi connectivity index (χ0v) is 12.1. The second-order valence-electron chi connectivity index (χ2n) is 5.69. The second kappa shape index (κ2) is 5.79. The number of hydrogen-bond donors (Lipinski definition) is 0. The van der Waals surface area contributed by atoms with Crippen molar-refractivity contribution in [2.24, 2.45) is 5.41 Å². The third kappa shape index (κ3) is 3.56. The zero-order chi connectivity index (χ0) is 15.6. The summed E-state index contributed by atoms with van der Waals surface area (Å²) >= 11 is 0. The Morgan fingerprint density at radius 3 is 2.48 bits per heavy atom. The van der Waals surface area contributed by atoms with Crippen molar-refractivity contribution in [2.75, 3.05) is 13.2 Å². The van der Waals surface area contributed by atoms with E-state index in [0.717, 1.165) is 0 Å². The summed E-state index contributed by atoms with van der Waals surface area (Å²) in [4.78, 5) is 22.4. The standard InChI is InChI=1S/C14H17NO6/c1-14(2,3)13(16)21-9-4-5-11(15(17)18)10(8-9)12-19-6-7-20-12/h4-5,8,12H,6-7H2,1-3H3. The van der Waals surface area contributed by atoms with E-state index in [1.807, 2.05) is 0 Å². The van der Waals surface area contributed by atoms with Gasteiger partial charge in [0, 0.05) is 6.07 Å². The van der Waals surface area contributed by atoms with Gasteiger partial charge in [0.1, 0.15) is 5.75 Å². The van der Waals surface area contributed by atoms with Gasteiger partial charge in [-0.2, -0.15) is 0 Å². The summed E-state index contributed by atoms with van der Waals surface area (Å²) in [5, 5.41) is 11.1. The van der Waals surface area contributed by atoms with Gasteiger partial charge >= 0.3 is 5.97 Å². The van der Waals surface area contributed by atoms with Crippen molar-refractivity contribution in [1.82, 2.24) is 0 Å². The van der Waals surface area contributed by atoms with Gasteiger partial charge in [0.15, 0.2) is 6.29 Å². The average Bonchev–Trinajstić information content (AvgIpc) is 2.90. The first kappa shape index (κ1) is 15.4. The first-order chi connectivity index (χ1) is 9.79. The molecule has 7 heteroatoms. The van der Waals surface area contributed by atoms with E-state index in [4.69, 9.17) is 14.2 Å². The van der Waals surface area contributed by atoms with Crippen LogP contribution in [0.15, 0.2) is 18.2 Å². The number of ether oxygens (including phenoxy) is 3. The summed E-state index contributed by atoms with van der Waals surface area (Å²) in [5.74, 6) is -0.190. The molecule has 0 radical (unpaired) electrons. The summed E-state index contributed by atoms with van der Waals surface area (Å²) in [6.45, 7) is 5.92. The van der Waals surface area contributed by atoms with Gasteiger partial charge in [0.25, 0.3) is 5.69 Å². The number of hydrogen-bond acceptors (Lipinski definition) is 6. The average molecular weight is 295 g/mol. The van der Waals surface area contributed by atoms with E-state index in [9.17, 15) is 14.9 Å². The Morgan fingerprint density at radius 1 is 1.33 bits per heavy atom. The molecule has 0 unspecified atom stereocenters. The normalized spacial score (nSPS) is 16.0. The molecule has 21 heavy (non-hydrogen) atoms. The number of rotatable bonds is 3. The maximum atomic E-state index is 11.9. The van der Waals surface area contributed by atoms with Crippen LogP contribution in [0.4, 0.5) is 5.69 Å². The summed E-state index contributed by atoms with van der Waals surface area (Å²) in [7, 11) is 0. The Morgan fingerprint density at radius 2 is 1.95 bits per heavy atom. The van der Waals surface area contributed by atoms with E-state index >= 15 is 0 Å². The van der Waals surface area contributed by atoms with Crippen LogP contribution in [0.1, 0.15) is 32.6 Å². The van der Waals surface area contributed by atoms with Crippen LogP contribution in [-0.4, -0.2) is 24.1 Å². The lowest BCUT2D eigenvalue weighted by Gasteiger charge is -2.17. The highest BCUT2D eigenvalue weighted by molar-refractivity contribution is 5.78. The third-order valence-corrected chi connectivity index (χ3v) is 2.89. The Bertz CT molecular complexity index is 557. The first-order valence-corrected chi connectivity index (χ1v) is 6.53. The van der Waals surface area contributed by atoms with Gasteiger partial charge in [0.2, 0.25) is 0 Å². The molecule has 1 saturated heterocycles. The molecule has 7 nitrogen and oxygen atoms in total. The van der Waals surface area contributed by atoms with Crippen molar-refractivity contribution in [1.29, 1.82) is 0 Å². The van der Waals surface area contributed by atoms with Gasteiger partial charge in [0.05, 0.1) is 29.1 Å². The van der Waals surface area contributed by atoms with Crippen molar-refractivity contribution in [2.45, 2.75) is 27.1 Å². The summed E-state index contributed by atoms with van der Waals surface area (Å²) in [6, 6.07) is 4.09. The van der Waals surface area contributed by atoms with E-state index < -0.39 is 22.6 Å². The highest BCUT2D eigenvalue weighted by atomic mass is 16.7. The number of nitrogens with zero attached hydrogens (tertiary/aromatic N) is 1. The number of carbonyl (C=O) groups excluding carboxylic acids is 1. The van der Waals surface area contributed by atoms with E-state index in [1.54, 1.807) is 20.8 Å². The van der Waals surface area contributed by atoms with Gasteiger partial charge in [-0.15, -0.1) is 0 Å². The van der Waals surface area contributed by atoms with Crippen LogP contribution in [0, 0.1) is 15.5 Å². The van der Waals surface area contributed by atoms with Crippen molar-refractivity contribution in [3.05, 3.63) is 33.9 Å². The fourth-order valence-corrected chi connectivity index (χ4v) is 1.75. The Balaban J connectivity index is 2.30. The van der Waals surface area contributed by atoms with Crippen LogP contribution in [0.2, 0.25) is 0 Å². The molecule has 1 aliphatic rings. The van der Waals surface area contributed by atoms with Crippen LogP contribution in [0.3, 0.4) is 0 Å². The summed E-state index contributed by atoms with van der Waals surface area (Å²) < 4.78 is 15.8. The monoisotopic (exact) mass is 295 g/mol. The van der Waals surface area contributed by atoms with E-state index in [0.29, 0.717) is 13.2 Å². The smallest absolute Gasteiger partial charge is 0.316 e. The number of nitro benzene ring substituents is 1. The largest absolute Gasteiger partial charge is 0.426 e. The second-order valence-corrected chi connectivity index (χ2v) is 5.69.